The number of benzene rings is 1. The molecule has 0 bridgehead atoms. The molecule has 94 valence electrons. The van der Waals surface area contributed by atoms with E-state index in [2.05, 4.69) is 21.0 Å². The Morgan fingerprint density at radius 1 is 1.39 bits per heavy atom. The molecule has 0 spiro atoms. The molecule has 1 aromatic heterocycles. The minimum Gasteiger partial charge on any atom is -0.464 e. The number of methoxy groups -OCH3 is 1. The number of nitrogens with zero attached hydrogens (tertiary/aromatic N) is 2. The van der Waals surface area contributed by atoms with E-state index < -0.39 is 5.97 Å². The molecule has 1 aromatic carbocycles. The van der Waals surface area contributed by atoms with Crippen molar-refractivity contribution in [3.8, 4) is 5.69 Å². The van der Waals surface area contributed by atoms with Crippen LogP contribution in [0.5, 0.6) is 0 Å². The number of halogens is 1. The fourth-order valence-corrected chi connectivity index (χ4v) is 2.13. The molecule has 0 unspecified atom stereocenters. The normalized spacial score (nSPS) is 10.4. The number of hydrogen-bond donors (Lipinski definition) is 0. The summed E-state index contributed by atoms with van der Waals surface area (Å²) < 4.78 is 7.09. The van der Waals surface area contributed by atoms with E-state index in [1.54, 1.807) is 4.68 Å². The van der Waals surface area contributed by atoms with Crippen LogP contribution in [0.1, 0.15) is 21.7 Å². The maximum absolute atomic E-state index is 11.6. The van der Waals surface area contributed by atoms with Gasteiger partial charge in [-0.05, 0) is 47.5 Å². The van der Waals surface area contributed by atoms with Gasteiger partial charge in [-0.2, -0.15) is 5.10 Å². The summed E-state index contributed by atoms with van der Waals surface area (Å²) in [5.41, 5.74) is 3.21. The number of carbonyl (C=O) groups excluding carboxylic acids is 1. The van der Waals surface area contributed by atoms with Gasteiger partial charge in [-0.25, -0.2) is 9.48 Å². The highest BCUT2D eigenvalue weighted by atomic mass is 79.9. The zero-order valence-electron chi connectivity index (χ0n) is 10.4. The summed E-state index contributed by atoms with van der Waals surface area (Å²) in [4.78, 5) is 11.6. The lowest BCUT2D eigenvalue weighted by molar-refractivity contribution is 0.0592. The largest absolute Gasteiger partial charge is 0.464 e. The molecular formula is C13H13BrN2O2. The summed E-state index contributed by atoms with van der Waals surface area (Å²) in [6.07, 6.45) is 0. The van der Waals surface area contributed by atoms with Crippen LogP contribution in [0.25, 0.3) is 5.69 Å². The number of aryl methyl sites for hydroxylation is 1. The second kappa shape index (κ2) is 4.94. The van der Waals surface area contributed by atoms with Gasteiger partial charge in [-0.15, -0.1) is 0 Å². The number of hydrogen-bond acceptors (Lipinski definition) is 3. The standard InChI is InChI=1S/C13H13BrN2O2/c1-8-5-4-6-10(7-8)16-9(2)11(14)12(15-16)13(17)18-3/h4-7H,1-3H3. The van der Waals surface area contributed by atoms with E-state index in [0.29, 0.717) is 4.47 Å². The van der Waals surface area contributed by atoms with Gasteiger partial charge in [0.05, 0.1) is 23.0 Å². The van der Waals surface area contributed by atoms with Gasteiger partial charge in [0, 0.05) is 0 Å². The lowest BCUT2D eigenvalue weighted by atomic mass is 10.2. The maximum Gasteiger partial charge on any atom is 0.359 e. The molecule has 0 fully saturated rings. The molecule has 0 aliphatic carbocycles. The number of ether oxygens (including phenoxy) is 1. The van der Waals surface area contributed by atoms with Crippen LogP contribution >= 0.6 is 15.9 Å². The Labute approximate surface area is 114 Å². The van der Waals surface area contributed by atoms with Crippen molar-refractivity contribution in [1.29, 1.82) is 0 Å². The van der Waals surface area contributed by atoms with Gasteiger partial charge < -0.3 is 4.74 Å². The predicted molar refractivity (Wildman–Crippen MR) is 72.1 cm³/mol. The number of carbonyl (C=O) groups is 1. The van der Waals surface area contributed by atoms with Crippen molar-refractivity contribution in [3.63, 3.8) is 0 Å². The summed E-state index contributed by atoms with van der Waals surface area (Å²) in [6, 6.07) is 7.92. The van der Waals surface area contributed by atoms with E-state index in [1.807, 2.05) is 38.1 Å². The first-order valence-electron chi connectivity index (χ1n) is 5.45. The van der Waals surface area contributed by atoms with Crippen LogP contribution in [0.2, 0.25) is 0 Å². The van der Waals surface area contributed by atoms with E-state index in [1.165, 1.54) is 7.11 Å². The summed E-state index contributed by atoms with van der Waals surface area (Å²) in [7, 11) is 1.34. The van der Waals surface area contributed by atoms with E-state index in [4.69, 9.17) is 4.74 Å². The van der Waals surface area contributed by atoms with Crippen molar-refractivity contribution in [2.75, 3.05) is 7.11 Å². The quantitative estimate of drug-likeness (QED) is 0.801. The number of aromatic nitrogens is 2. The van der Waals surface area contributed by atoms with Gasteiger partial charge in [-0.3, -0.25) is 0 Å². The molecule has 5 heteroatoms. The predicted octanol–water partition coefficient (Wildman–Crippen LogP) is 3.04. The first-order valence-corrected chi connectivity index (χ1v) is 6.24. The third kappa shape index (κ3) is 2.18. The van der Waals surface area contributed by atoms with Crippen LogP contribution in [0.15, 0.2) is 28.7 Å². The Morgan fingerprint density at radius 2 is 2.11 bits per heavy atom. The van der Waals surface area contributed by atoms with Crippen LogP contribution in [0.3, 0.4) is 0 Å². The highest BCUT2D eigenvalue weighted by Crippen LogP contribution is 2.24. The highest BCUT2D eigenvalue weighted by molar-refractivity contribution is 9.10. The molecule has 0 atom stereocenters. The van der Waals surface area contributed by atoms with Gasteiger partial charge in [0.1, 0.15) is 0 Å². The summed E-state index contributed by atoms with van der Waals surface area (Å²) >= 11 is 3.37. The van der Waals surface area contributed by atoms with Crippen LogP contribution < -0.4 is 0 Å². The van der Waals surface area contributed by atoms with E-state index in [0.717, 1.165) is 16.9 Å². The summed E-state index contributed by atoms with van der Waals surface area (Å²) in [6.45, 7) is 3.91. The van der Waals surface area contributed by atoms with Gasteiger partial charge in [0.2, 0.25) is 0 Å². The third-order valence-electron chi connectivity index (χ3n) is 2.67. The lowest BCUT2D eigenvalue weighted by Gasteiger charge is -2.04. The maximum atomic E-state index is 11.6. The molecule has 2 rings (SSSR count). The molecule has 0 aliphatic rings. The van der Waals surface area contributed by atoms with Crippen LogP contribution in [-0.2, 0) is 4.74 Å². The van der Waals surface area contributed by atoms with Gasteiger partial charge in [-0.1, -0.05) is 12.1 Å². The van der Waals surface area contributed by atoms with Gasteiger partial charge in [0.25, 0.3) is 0 Å². The first-order chi connectivity index (χ1) is 8.54. The van der Waals surface area contributed by atoms with Crippen molar-refractivity contribution in [3.05, 3.63) is 45.7 Å². The average molecular weight is 309 g/mol. The minimum atomic E-state index is -0.448. The van der Waals surface area contributed by atoms with E-state index >= 15 is 0 Å². The lowest BCUT2D eigenvalue weighted by Crippen LogP contribution is -2.04. The van der Waals surface area contributed by atoms with Gasteiger partial charge >= 0.3 is 5.97 Å². The molecule has 0 aliphatic heterocycles. The Hall–Kier alpha value is -1.62. The topological polar surface area (TPSA) is 44.1 Å². The molecule has 2 aromatic rings. The average Bonchev–Trinajstić information content (AvgIpc) is 2.66. The van der Waals surface area contributed by atoms with Crippen molar-refractivity contribution in [1.82, 2.24) is 9.78 Å². The highest BCUT2D eigenvalue weighted by Gasteiger charge is 2.20. The molecule has 0 radical (unpaired) electrons. The number of esters is 1. The van der Waals surface area contributed by atoms with Crippen LogP contribution in [0.4, 0.5) is 0 Å². The van der Waals surface area contributed by atoms with Crippen LogP contribution in [-0.4, -0.2) is 22.9 Å². The molecular weight excluding hydrogens is 296 g/mol. The van der Waals surface area contributed by atoms with Crippen LogP contribution in [0, 0.1) is 13.8 Å². The first kappa shape index (κ1) is 12.8. The Kier molecular flexibility index (Phi) is 3.52. The number of rotatable bonds is 2. The second-order valence-electron chi connectivity index (χ2n) is 3.99. The molecule has 18 heavy (non-hydrogen) atoms. The van der Waals surface area contributed by atoms with E-state index in [9.17, 15) is 4.79 Å². The zero-order chi connectivity index (χ0) is 13.3. The molecule has 1 heterocycles. The van der Waals surface area contributed by atoms with E-state index in [-0.39, 0.29) is 5.69 Å². The summed E-state index contributed by atoms with van der Waals surface area (Å²) in [5.74, 6) is -0.448. The molecule has 4 nitrogen and oxygen atoms in total. The smallest absolute Gasteiger partial charge is 0.359 e. The molecule has 0 saturated heterocycles. The Balaban J connectivity index is 2.56. The Morgan fingerprint density at radius 3 is 2.72 bits per heavy atom. The van der Waals surface area contributed by atoms with Gasteiger partial charge in [0.15, 0.2) is 5.69 Å². The van der Waals surface area contributed by atoms with Crippen molar-refractivity contribution < 1.29 is 9.53 Å². The minimum absolute atomic E-state index is 0.288. The molecule has 0 N–H and O–H groups in total. The molecule has 0 saturated carbocycles. The third-order valence-corrected chi connectivity index (χ3v) is 3.62. The summed E-state index contributed by atoms with van der Waals surface area (Å²) in [5, 5.41) is 4.29. The van der Waals surface area contributed by atoms with Crippen molar-refractivity contribution in [2.45, 2.75) is 13.8 Å². The Bertz CT molecular complexity index is 605. The van der Waals surface area contributed by atoms with Crippen molar-refractivity contribution >= 4 is 21.9 Å². The monoisotopic (exact) mass is 308 g/mol. The fourth-order valence-electron chi connectivity index (χ4n) is 1.72. The second-order valence-corrected chi connectivity index (χ2v) is 4.78. The zero-order valence-corrected chi connectivity index (χ0v) is 12.0. The SMILES string of the molecule is COC(=O)c1nn(-c2cccc(C)c2)c(C)c1Br. The van der Waals surface area contributed by atoms with Crippen molar-refractivity contribution in [2.24, 2.45) is 0 Å². The molecule has 0 amide bonds. The fraction of sp³-hybridized carbons (Fsp3) is 0.231.